The van der Waals surface area contributed by atoms with E-state index in [-0.39, 0.29) is 0 Å². The molecule has 2 aliphatic carbocycles. The first-order valence-corrected chi connectivity index (χ1v) is 5.38. The van der Waals surface area contributed by atoms with Crippen LogP contribution in [0.4, 0.5) is 0 Å². The minimum atomic E-state index is 1.08. The second-order valence-electron chi connectivity index (χ2n) is 3.18. The molecule has 0 atom stereocenters. The van der Waals surface area contributed by atoms with Crippen LogP contribution in [0.2, 0.25) is 0 Å². The maximum atomic E-state index is 5.06. The van der Waals surface area contributed by atoms with Gasteiger partial charge in [0.15, 0.2) is 0 Å². The zero-order chi connectivity index (χ0) is 9.80. The van der Waals surface area contributed by atoms with Gasteiger partial charge < -0.3 is 4.18 Å². The Balaban J connectivity index is 2.28. The van der Waals surface area contributed by atoms with E-state index in [9.17, 15) is 0 Å². The van der Waals surface area contributed by atoms with Gasteiger partial charge in [-0.25, -0.2) is 0 Å². The molecule has 0 spiro atoms. The maximum absolute atomic E-state index is 5.06. The van der Waals surface area contributed by atoms with Crippen LogP contribution in [0.1, 0.15) is 12.8 Å². The van der Waals surface area contributed by atoms with Crippen molar-refractivity contribution in [1.29, 1.82) is 0 Å². The molecule has 2 heteroatoms. The lowest BCUT2D eigenvalue weighted by atomic mass is 9.97. The Bertz CT molecular complexity index is 379. The molecule has 0 heterocycles. The summed E-state index contributed by atoms with van der Waals surface area (Å²) in [4.78, 5) is 1.29. The quantitative estimate of drug-likeness (QED) is 0.502. The zero-order valence-corrected chi connectivity index (χ0v) is 8.93. The van der Waals surface area contributed by atoms with Gasteiger partial charge in [0.2, 0.25) is 0 Å². The van der Waals surface area contributed by atoms with Crippen molar-refractivity contribution >= 4 is 12.0 Å². The van der Waals surface area contributed by atoms with Crippen LogP contribution < -0.4 is 0 Å². The summed E-state index contributed by atoms with van der Waals surface area (Å²) in [7, 11) is 1.71. The fraction of sp³-hybridized carbons (Fsp3) is 0.250. The third kappa shape index (κ3) is 2.10. The first kappa shape index (κ1) is 9.60. The highest BCUT2D eigenvalue weighted by Gasteiger charge is 2.10. The highest BCUT2D eigenvalue weighted by Crippen LogP contribution is 2.32. The molecule has 2 aliphatic rings. The normalized spacial score (nSPS) is 19.4. The van der Waals surface area contributed by atoms with Gasteiger partial charge >= 0.3 is 0 Å². The van der Waals surface area contributed by atoms with E-state index in [1.807, 2.05) is 18.2 Å². The molecule has 0 aromatic heterocycles. The average Bonchev–Trinajstić information content (AvgIpc) is 2.42. The Morgan fingerprint density at radius 3 is 3.21 bits per heavy atom. The fourth-order valence-electron chi connectivity index (χ4n) is 1.58. The van der Waals surface area contributed by atoms with Crippen LogP contribution in [0.3, 0.4) is 0 Å². The van der Waals surface area contributed by atoms with Crippen LogP contribution in [0, 0.1) is 0 Å². The number of hydrogen-bond donors (Lipinski definition) is 0. The molecule has 0 aliphatic heterocycles. The van der Waals surface area contributed by atoms with Gasteiger partial charge in [0, 0.05) is 16.9 Å². The van der Waals surface area contributed by atoms with Crippen molar-refractivity contribution in [2.75, 3.05) is 7.11 Å². The van der Waals surface area contributed by atoms with Crippen LogP contribution in [-0.2, 0) is 4.18 Å². The lowest BCUT2D eigenvalue weighted by Gasteiger charge is -2.14. The molecular weight excluding hydrogens is 192 g/mol. The van der Waals surface area contributed by atoms with E-state index < -0.39 is 0 Å². The summed E-state index contributed by atoms with van der Waals surface area (Å²) in [6.45, 7) is 0. The second kappa shape index (κ2) is 4.52. The molecule has 2 rings (SSSR count). The van der Waals surface area contributed by atoms with E-state index in [0.29, 0.717) is 0 Å². The van der Waals surface area contributed by atoms with E-state index in [1.165, 1.54) is 28.1 Å². The van der Waals surface area contributed by atoms with Gasteiger partial charge in [0.25, 0.3) is 0 Å². The van der Waals surface area contributed by atoms with Gasteiger partial charge in [-0.2, -0.15) is 0 Å². The van der Waals surface area contributed by atoms with Crippen LogP contribution in [0.25, 0.3) is 0 Å². The van der Waals surface area contributed by atoms with Crippen LogP contribution in [0.5, 0.6) is 0 Å². The highest BCUT2D eigenvalue weighted by atomic mass is 32.2. The van der Waals surface area contributed by atoms with Crippen molar-refractivity contribution in [3.63, 3.8) is 0 Å². The minimum Gasteiger partial charge on any atom is -0.314 e. The monoisotopic (exact) mass is 204 g/mol. The number of allylic oxidation sites excluding steroid dienone is 7. The molecular formula is C12H12OS. The van der Waals surface area contributed by atoms with Gasteiger partial charge in [-0.3, -0.25) is 0 Å². The van der Waals surface area contributed by atoms with Gasteiger partial charge in [0.1, 0.15) is 0 Å². The molecule has 0 amide bonds. The Labute approximate surface area is 88.7 Å². The van der Waals surface area contributed by atoms with E-state index in [4.69, 9.17) is 4.18 Å². The smallest absolute Gasteiger partial charge is 0.0508 e. The Morgan fingerprint density at radius 2 is 2.36 bits per heavy atom. The number of rotatable bonds is 2. The minimum absolute atomic E-state index is 1.08. The van der Waals surface area contributed by atoms with E-state index in [0.717, 1.165) is 12.8 Å². The third-order valence-corrected chi connectivity index (χ3v) is 2.95. The lowest BCUT2D eigenvalue weighted by Crippen LogP contribution is -1.94. The molecule has 0 N–H and O–H groups in total. The van der Waals surface area contributed by atoms with Crippen molar-refractivity contribution in [3.8, 4) is 0 Å². The summed E-state index contributed by atoms with van der Waals surface area (Å²) in [5.74, 6) is 0. The molecule has 0 saturated heterocycles. The molecule has 72 valence electrons. The Hall–Kier alpha value is -0.950. The summed E-state index contributed by atoms with van der Waals surface area (Å²) in [6, 6.07) is 0. The van der Waals surface area contributed by atoms with Gasteiger partial charge in [0.05, 0.1) is 7.11 Å². The lowest BCUT2D eigenvalue weighted by molar-refractivity contribution is 0.492. The van der Waals surface area contributed by atoms with Crippen LogP contribution in [0.15, 0.2) is 52.2 Å². The molecule has 0 aromatic carbocycles. The molecule has 14 heavy (non-hydrogen) atoms. The van der Waals surface area contributed by atoms with Crippen molar-refractivity contribution in [2.45, 2.75) is 12.8 Å². The third-order valence-electron chi connectivity index (χ3n) is 2.25. The molecule has 0 unspecified atom stereocenters. The molecule has 0 bridgehead atoms. The molecule has 0 saturated carbocycles. The average molecular weight is 204 g/mol. The summed E-state index contributed by atoms with van der Waals surface area (Å²) in [5.41, 5.74) is 5.78. The zero-order valence-electron chi connectivity index (χ0n) is 8.12. The second-order valence-corrected chi connectivity index (χ2v) is 4.20. The summed E-state index contributed by atoms with van der Waals surface area (Å²) < 4.78 is 5.06. The van der Waals surface area contributed by atoms with Crippen molar-refractivity contribution < 1.29 is 4.18 Å². The highest BCUT2D eigenvalue weighted by molar-refractivity contribution is 7.98. The molecule has 0 aromatic rings. The summed E-state index contributed by atoms with van der Waals surface area (Å²) in [6.07, 6.45) is 12.5. The molecule has 0 fully saturated rings. The first-order chi connectivity index (χ1) is 6.90. The van der Waals surface area contributed by atoms with Gasteiger partial charge in [-0.15, -0.1) is 5.73 Å². The number of hydrogen-bond acceptors (Lipinski definition) is 2. The Morgan fingerprint density at radius 1 is 1.43 bits per heavy atom. The predicted molar refractivity (Wildman–Crippen MR) is 60.7 cm³/mol. The van der Waals surface area contributed by atoms with Crippen molar-refractivity contribution in [3.05, 3.63) is 52.2 Å². The topological polar surface area (TPSA) is 9.23 Å². The van der Waals surface area contributed by atoms with Crippen LogP contribution >= 0.6 is 12.0 Å². The maximum Gasteiger partial charge on any atom is 0.0508 e. The Kier molecular flexibility index (Phi) is 3.10. The van der Waals surface area contributed by atoms with Crippen molar-refractivity contribution in [1.82, 2.24) is 0 Å². The molecule has 1 nitrogen and oxygen atoms in total. The van der Waals surface area contributed by atoms with Gasteiger partial charge in [-0.1, -0.05) is 12.2 Å². The largest absolute Gasteiger partial charge is 0.314 e. The standard InChI is InChI=1S/C12H12OS/c1-13-14-12-8-7-10-5-3-2-4-6-11(10)9-12/h2-3,5-6,9H,7-8H2,1H3. The van der Waals surface area contributed by atoms with E-state index in [1.54, 1.807) is 7.11 Å². The van der Waals surface area contributed by atoms with Gasteiger partial charge in [-0.05, 0) is 42.2 Å². The SMILES string of the molecule is COSC1=CC2=C(C=CC=C=C2)CC1. The fourth-order valence-corrected chi connectivity index (χ4v) is 2.16. The van der Waals surface area contributed by atoms with E-state index in [2.05, 4.69) is 17.9 Å². The van der Waals surface area contributed by atoms with Crippen LogP contribution in [-0.4, -0.2) is 7.11 Å². The predicted octanol–water partition coefficient (Wildman–Crippen LogP) is 3.54. The van der Waals surface area contributed by atoms with E-state index >= 15 is 0 Å². The first-order valence-electron chi connectivity index (χ1n) is 4.63. The summed E-state index contributed by atoms with van der Waals surface area (Å²) >= 11 is 1.46. The van der Waals surface area contributed by atoms with Crippen molar-refractivity contribution in [2.24, 2.45) is 0 Å². The summed E-state index contributed by atoms with van der Waals surface area (Å²) in [5, 5.41) is 0. The molecule has 0 radical (unpaired) electrons.